The summed E-state index contributed by atoms with van der Waals surface area (Å²) in [6.07, 6.45) is 1.05. The highest BCUT2D eigenvalue weighted by molar-refractivity contribution is 7.17. The molecule has 0 aliphatic carbocycles. The Morgan fingerprint density at radius 1 is 1.07 bits per heavy atom. The summed E-state index contributed by atoms with van der Waals surface area (Å²) < 4.78 is 11.9. The molecule has 0 spiro atoms. The van der Waals surface area contributed by atoms with Crippen molar-refractivity contribution < 1.29 is 4.74 Å². The van der Waals surface area contributed by atoms with E-state index in [4.69, 9.17) is 4.74 Å². The van der Waals surface area contributed by atoms with Gasteiger partial charge in [0.1, 0.15) is 5.75 Å². The summed E-state index contributed by atoms with van der Waals surface area (Å²) in [4.78, 5) is 6.94. The van der Waals surface area contributed by atoms with Crippen LogP contribution in [0, 0.1) is 13.8 Å². The lowest BCUT2D eigenvalue weighted by Gasteiger charge is -2.16. The Morgan fingerprint density at radius 3 is 2.76 bits per heavy atom. The van der Waals surface area contributed by atoms with E-state index in [1.54, 1.807) is 11.3 Å². The van der Waals surface area contributed by atoms with Gasteiger partial charge in [0, 0.05) is 28.3 Å². The number of aromatic nitrogens is 2. The molecule has 0 fully saturated rings. The summed E-state index contributed by atoms with van der Waals surface area (Å²) in [5.41, 5.74) is 4.77. The molecule has 0 unspecified atom stereocenters. The maximum absolute atomic E-state index is 6.10. The summed E-state index contributed by atoms with van der Waals surface area (Å²) >= 11 is 3.04. The molecule has 29 heavy (non-hydrogen) atoms. The Labute approximate surface area is 180 Å². The zero-order valence-corrected chi connectivity index (χ0v) is 18.9. The molecular weight excluding hydrogens is 398 g/mol. The third kappa shape index (κ3) is 4.50. The van der Waals surface area contributed by atoms with Crippen LogP contribution < -0.4 is 4.74 Å². The van der Waals surface area contributed by atoms with E-state index in [1.807, 2.05) is 0 Å². The van der Waals surface area contributed by atoms with Gasteiger partial charge in [0.05, 0.1) is 0 Å². The second-order valence-corrected chi connectivity index (χ2v) is 9.01. The average Bonchev–Trinajstić information content (AvgIpc) is 3.37. The standard InChI is InChI=1S/C23H25N3OS2/c1-5-26(4)10-8-17-12-16(3)20(13-15(17)2)27-23-24-22(25-29-23)19-6-7-21-18(14-19)9-11-28-21/h6-7,9,11-14H,5,8,10H2,1-4H3. The van der Waals surface area contributed by atoms with Gasteiger partial charge in [-0.3, -0.25) is 0 Å². The minimum atomic E-state index is 0.575. The molecule has 6 heteroatoms. The minimum absolute atomic E-state index is 0.575. The van der Waals surface area contributed by atoms with E-state index in [0.717, 1.165) is 36.4 Å². The van der Waals surface area contributed by atoms with E-state index >= 15 is 0 Å². The van der Waals surface area contributed by atoms with Crippen LogP contribution in [0.3, 0.4) is 0 Å². The van der Waals surface area contributed by atoms with E-state index in [1.165, 1.54) is 32.7 Å². The van der Waals surface area contributed by atoms with Gasteiger partial charge in [-0.15, -0.1) is 11.3 Å². The van der Waals surface area contributed by atoms with Gasteiger partial charge in [0.2, 0.25) is 0 Å². The molecular formula is C23H25N3OS2. The van der Waals surface area contributed by atoms with Crippen molar-refractivity contribution in [3.63, 3.8) is 0 Å². The first-order chi connectivity index (χ1) is 14.0. The molecule has 4 rings (SSSR count). The Balaban J connectivity index is 1.51. The van der Waals surface area contributed by atoms with E-state index in [0.29, 0.717) is 11.0 Å². The van der Waals surface area contributed by atoms with Crippen molar-refractivity contribution in [2.45, 2.75) is 27.2 Å². The highest BCUT2D eigenvalue weighted by Crippen LogP contribution is 2.32. The third-order valence-electron chi connectivity index (χ3n) is 5.25. The number of aryl methyl sites for hydroxylation is 2. The van der Waals surface area contributed by atoms with E-state index < -0.39 is 0 Å². The molecule has 2 heterocycles. The van der Waals surface area contributed by atoms with Crippen molar-refractivity contribution in [3.8, 4) is 22.3 Å². The summed E-state index contributed by atoms with van der Waals surface area (Å²) in [7, 11) is 2.16. The molecule has 2 aromatic carbocycles. The van der Waals surface area contributed by atoms with Crippen molar-refractivity contribution in [2.24, 2.45) is 0 Å². The van der Waals surface area contributed by atoms with Crippen LogP contribution in [0.25, 0.3) is 21.5 Å². The molecule has 0 bridgehead atoms. The van der Waals surface area contributed by atoms with E-state index in [-0.39, 0.29) is 0 Å². The highest BCUT2D eigenvalue weighted by atomic mass is 32.1. The van der Waals surface area contributed by atoms with Crippen LogP contribution in [0.1, 0.15) is 23.6 Å². The van der Waals surface area contributed by atoms with Crippen LogP contribution in [-0.4, -0.2) is 34.4 Å². The fourth-order valence-corrected chi connectivity index (χ4v) is 4.60. The van der Waals surface area contributed by atoms with Gasteiger partial charge in [-0.25, -0.2) is 0 Å². The second-order valence-electron chi connectivity index (χ2n) is 7.35. The molecule has 0 saturated carbocycles. The van der Waals surface area contributed by atoms with Gasteiger partial charge in [0.25, 0.3) is 5.19 Å². The summed E-state index contributed by atoms with van der Waals surface area (Å²) in [5, 5.41) is 3.90. The molecule has 150 valence electrons. The summed E-state index contributed by atoms with van der Waals surface area (Å²) in [6, 6.07) is 12.8. The molecule has 0 N–H and O–H groups in total. The number of hydrogen-bond donors (Lipinski definition) is 0. The zero-order chi connectivity index (χ0) is 20.4. The lowest BCUT2D eigenvalue weighted by Crippen LogP contribution is -2.20. The van der Waals surface area contributed by atoms with Crippen LogP contribution in [0.2, 0.25) is 0 Å². The van der Waals surface area contributed by atoms with Crippen molar-refractivity contribution >= 4 is 33.0 Å². The monoisotopic (exact) mass is 423 g/mol. The van der Waals surface area contributed by atoms with Crippen molar-refractivity contribution in [2.75, 3.05) is 20.1 Å². The molecule has 4 aromatic rings. The largest absolute Gasteiger partial charge is 0.430 e. The smallest absolute Gasteiger partial charge is 0.299 e. The SMILES string of the molecule is CCN(C)CCc1cc(C)c(Oc2nc(-c3ccc4sccc4c3)ns2)cc1C. The number of thiophene rings is 1. The predicted octanol–water partition coefficient (Wildman–Crippen LogP) is 6.32. The molecule has 0 aliphatic heterocycles. The van der Waals surface area contributed by atoms with Gasteiger partial charge in [0.15, 0.2) is 5.82 Å². The van der Waals surface area contributed by atoms with Crippen molar-refractivity contribution in [1.29, 1.82) is 0 Å². The van der Waals surface area contributed by atoms with Crippen LogP contribution in [0.4, 0.5) is 0 Å². The number of ether oxygens (including phenoxy) is 1. The fourth-order valence-electron chi connectivity index (χ4n) is 3.27. The molecule has 0 radical (unpaired) electrons. The molecule has 0 aliphatic rings. The number of nitrogens with zero attached hydrogens (tertiary/aromatic N) is 3. The molecule has 0 amide bonds. The first-order valence-corrected chi connectivity index (χ1v) is 11.5. The number of benzene rings is 2. The number of likely N-dealkylation sites (N-methyl/N-ethyl adjacent to an activating group) is 1. The molecule has 2 aromatic heterocycles. The van der Waals surface area contributed by atoms with Gasteiger partial charge < -0.3 is 9.64 Å². The normalized spacial score (nSPS) is 11.5. The molecule has 0 atom stereocenters. The highest BCUT2D eigenvalue weighted by Gasteiger charge is 2.12. The van der Waals surface area contributed by atoms with Gasteiger partial charge in [-0.05, 0) is 91.6 Å². The van der Waals surface area contributed by atoms with Crippen LogP contribution >= 0.6 is 22.9 Å². The first-order valence-electron chi connectivity index (χ1n) is 9.81. The van der Waals surface area contributed by atoms with E-state index in [2.05, 4.69) is 83.9 Å². The first kappa shape index (κ1) is 20.0. The van der Waals surface area contributed by atoms with Crippen molar-refractivity contribution in [3.05, 3.63) is 58.5 Å². The average molecular weight is 424 g/mol. The lowest BCUT2D eigenvalue weighted by molar-refractivity contribution is 0.357. The van der Waals surface area contributed by atoms with Crippen molar-refractivity contribution in [1.82, 2.24) is 14.3 Å². The quantitative estimate of drug-likeness (QED) is 0.348. The summed E-state index contributed by atoms with van der Waals surface area (Å²) in [6.45, 7) is 8.55. The van der Waals surface area contributed by atoms with Crippen LogP contribution in [0.5, 0.6) is 10.9 Å². The summed E-state index contributed by atoms with van der Waals surface area (Å²) in [5.74, 6) is 1.57. The topological polar surface area (TPSA) is 38.2 Å². The Kier molecular flexibility index (Phi) is 5.94. The number of hydrogen-bond acceptors (Lipinski definition) is 6. The van der Waals surface area contributed by atoms with E-state index in [9.17, 15) is 0 Å². The Hall–Kier alpha value is -2.28. The second kappa shape index (κ2) is 8.61. The lowest BCUT2D eigenvalue weighted by atomic mass is 10.0. The fraction of sp³-hybridized carbons (Fsp3) is 0.304. The van der Waals surface area contributed by atoms with Gasteiger partial charge in [-0.1, -0.05) is 13.0 Å². The maximum Gasteiger partial charge on any atom is 0.299 e. The van der Waals surface area contributed by atoms with Crippen LogP contribution in [0.15, 0.2) is 41.8 Å². The number of fused-ring (bicyclic) bond motifs is 1. The third-order valence-corrected chi connectivity index (χ3v) is 6.74. The van der Waals surface area contributed by atoms with Gasteiger partial charge in [-0.2, -0.15) is 9.36 Å². The predicted molar refractivity (Wildman–Crippen MR) is 124 cm³/mol. The maximum atomic E-state index is 6.10. The van der Waals surface area contributed by atoms with Gasteiger partial charge >= 0.3 is 0 Å². The molecule has 4 nitrogen and oxygen atoms in total. The minimum Gasteiger partial charge on any atom is -0.430 e. The number of rotatable bonds is 7. The molecule has 0 saturated heterocycles. The Morgan fingerprint density at radius 2 is 1.93 bits per heavy atom. The zero-order valence-electron chi connectivity index (χ0n) is 17.2. The van der Waals surface area contributed by atoms with Crippen LogP contribution in [-0.2, 0) is 6.42 Å². The Bertz CT molecular complexity index is 1130.